The van der Waals surface area contributed by atoms with Gasteiger partial charge in [-0.2, -0.15) is 0 Å². The molecule has 1 nitrogen and oxygen atoms in total. The molecule has 1 aromatic carbocycles. The molecule has 0 radical (unpaired) electrons. The van der Waals surface area contributed by atoms with Crippen LogP contribution < -0.4 is 5.32 Å². The first kappa shape index (κ1) is 12.3. The van der Waals surface area contributed by atoms with E-state index in [2.05, 4.69) is 23.5 Å². The fourth-order valence-electron chi connectivity index (χ4n) is 1.55. The van der Waals surface area contributed by atoms with E-state index in [-0.39, 0.29) is 0 Å². The Kier molecular flexibility index (Phi) is 5.44. The van der Waals surface area contributed by atoms with Gasteiger partial charge >= 0.3 is 0 Å². The first-order valence-corrected chi connectivity index (χ1v) is 5.90. The minimum Gasteiger partial charge on any atom is -0.313 e. The van der Waals surface area contributed by atoms with E-state index >= 15 is 0 Å². The Labute approximate surface area is 97.1 Å². The molecule has 1 aromatic rings. The Morgan fingerprint density at radius 2 is 1.80 bits per heavy atom. The molecular formula is C13H18ClN. The van der Waals surface area contributed by atoms with Gasteiger partial charge in [0.2, 0.25) is 0 Å². The normalized spacial score (nSPS) is 15.0. The van der Waals surface area contributed by atoms with Crippen molar-refractivity contribution >= 4 is 17.2 Å². The lowest BCUT2D eigenvalue weighted by Gasteiger charge is -2.13. The fourth-order valence-corrected chi connectivity index (χ4v) is 1.67. The summed E-state index contributed by atoms with van der Waals surface area (Å²) in [4.78, 5) is 0. The number of hydrogen-bond donors (Lipinski definition) is 1. The third kappa shape index (κ3) is 3.69. The monoisotopic (exact) mass is 223 g/mol. The van der Waals surface area contributed by atoms with Gasteiger partial charge in [0, 0.05) is 11.6 Å². The molecule has 0 amide bonds. The van der Waals surface area contributed by atoms with Crippen LogP contribution in [0.2, 0.25) is 5.02 Å². The van der Waals surface area contributed by atoms with Crippen LogP contribution in [0.3, 0.4) is 0 Å². The highest BCUT2D eigenvalue weighted by molar-refractivity contribution is 6.30. The van der Waals surface area contributed by atoms with Gasteiger partial charge in [0.05, 0.1) is 0 Å². The fraction of sp³-hybridized carbons (Fsp3) is 0.385. The molecule has 82 valence electrons. The third-order valence-corrected chi connectivity index (χ3v) is 2.53. The molecule has 0 atom stereocenters. The molecule has 1 N–H and O–H groups in total. The maximum absolute atomic E-state index is 5.82. The molecule has 0 unspecified atom stereocenters. The summed E-state index contributed by atoms with van der Waals surface area (Å²) in [6.45, 7) is 6.06. The molecular weight excluding hydrogens is 206 g/mol. The lowest BCUT2D eigenvalue weighted by molar-refractivity contribution is 0.738. The van der Waals surface area contributed by atoms with Crippen LogP contribution in [0.15, 0.2) is 30.3 Å². The van der Waals surface area contributed by atoms with Crippen LogP contribution in [0, 0.1) is 0 Å². The molecule has 0 spiro atoms. The largest absolute Gasteiger partial charge is 0.313 e. The first-order chi connectivity index (χ1) is 7.36. The summed E-state index contributed by atoms with van der Waals surface area (Å²) >= 11 is 5.82. The van der Waals surface area contributed by atoms with Gasteiger partial charge in [0.25, 0.3) is 0 Å². The van der Waals surface area contributed by atoms with Gasteiger partial charge in [-0.3, -0.25) is 0 Å². The molecule has 0 aliphatic carbocycles. The van der Waals surface area contributed by atoms with E-state index in [0.717, 1.165) is 24.5 Å². The van der Waals surface area contributed by atoms with Gasteiger partial charge < -0.3 is 5.32 Å². The molecule has 1 aliphatic rings. The smallest absolute Gasteiger partial charge is 0.0406 e. The third-order valence-electron chi connectivity index (χ3n) is 2.28. The van der Waals surface area contributed by atoms with Crippen molar-refractivity contribution < 1.29 is 0 Å². The number of nitrogens with one attached hydrogen (secondary N) is 1. The SMILES string of the molecule is CC.Clc1ccc(C2=CCNCC2)cc1. The summed E-state index contributed by atoms with van der Waals surface area (Å²) in [5, 5.41) is 4.10. The highest BCUT2D eigenvalue weighted by Gasteiger charge is 2.04. The van der Waals surface area contributed by atoms with E-state index in [1.807, 2.05) is 26.0 Å². The van der Waals surface area contributed by atoms with Crippen molar-refractivity contribution in [2.24, 2.45) is 0 Å². The maximum Gasteiger partial charge on any atom is 0.0406 e. The summed E-state index contributed by atoms with van der Waals surface area (Å²) in [6.07, 6.45) is 3.36. The summed E-state index contributed by atoms with van der Waals surface area (Å²) in [5.41, 5.74) is 2.72. The van der Waals surface area contributed by atoms with E-state index in [1.54, 1.807) is 0 Å². The highest BCUT2D eigenvalue weighted by Crippen LogP contribution is 2.21. The summed E-state index contributed by atoms with van der Waals surface area (Å²) in [7, 11) is 0. The molecule has 0 aromatic heterocycles. The second kappa shape index (κ2) is 6.65. The van der Waals surface area contributed by atoms with Crippen LogP contribution in [0.4, 0.5) is 0 Å². The van der Waals surface area contributed by atoms with Crippen LogP contribution in [0.5, 0.6) is 0 Å². The van der Waals surface area contributed by atoms with Crippen molar-refractivity contribution in [3.8, 4) is 0 Å². The van der Waals surface area contributed by atoms with Crippen molar-refractivity contribution in [3.05, 3.63) is 40.9 Å². The molecule has 0 saturated heterocycles. The molecule has 15 heavy (non-hydrogen) atoms. The summed E-state index contributed by atoms with van der Waals surface area (Å²) < 4.78 is 0. The number of hydrogen-bond acceptors (Lipinski definition) is 1. The zero-order valence-corrected chi connectivity index (χ0v) is 10.1. The minimum atomic E-state index is 0.804. The van der Waals surface area contributed by atoms with E-state index in [9.17, 15) is 0 Å². The molecule has 0 saturated carbocycles. The van der Waals surface area contributed by atoms with Crippen molar-refractivity contribution in [1.29, 1.82) is 0 Å². The highest BCUT2D eigenvalue weighted by atomic mass is 35.5. The second-order valence-corrected chi connectivity index (χ2v) is 3.63. The van der Waals surface area contributed by atoms with E-state index in [0.29, 0.717) is 0 Å². The predicted octanol–water partition coefficient (Wildman–Crippen LogP) is 3.74. The Balaban J connectivity index is 0.000000531. The average Bonchev–Trinajstić information content (AvgIpc) is 2.34. The Morgan fingerprint density at radius 1 is 1.13 bits per heavy atom. The second-order valence-electron chi connectivity index (χ2n) is 3.19. The maximum atomic E-state index is 5.82. The van der Waals surface area contributed by atoms with Gasteiger partial charge in [-0.25, -0.2) is 0 Å². The molecule has 0 bridgehead atoms. The van der Waals surface area contributed by atoms with Crippen molar-refractivity contribution in [1.82, 2.24) is 5.32 Å². The summed E-state index contributed by atoms with van der Waals surface area (Å²) in [5.74, 6) is 0. The lowest BCUT2D eigenvalue weighted by atomic mass is 10.0. The van der Waals surface area contributed by atoms with Gasteiger partial charge in [-0.15, -0.1) is 0 Å². The number of rotatable bonds is 1. The Hall–Kier alpha value is -0.790. The predicted molar refractivity (Wildman–Crippen MR) is 68.3 cm³/mol. The van der Waals surface area contributed by atoms with Crippen LogP contribution in [-0.2, 0) is 0 Å². The van der Waals surface area contributed by atoms with E-state index < -0.39 is 0 Å². The van der Waals surface area contributed by atoms with Crippen LogP contribution in [-0.4, -0.2) is 13.1 Å². The van der Waals surface area contributed by atoms with Gasteiger partial charge in [0.15, 0.2) is 0 Å². The molecule has 0 fully saturated rings. The summed E-state index contributed by atoms with van der Waals surface area (Å²) in [6, 6.07) is 8.05. The average molecular weight is 224 g/mol. The van der Waals surface area contributed by atoms with Gasteiger partial charge in [-0.05, 0) is 36.2 Å². The molecule has 2 rings (SSSR count). The first-order valence-electron chi connectivity index (χ1n) is 5.52. The Bertz CT molecular complexity index is 314. The number of benzene rings is 1. The topological polar surface area (TPSA) is 12.0 Å². The Morgan fingerprint density at radius 3 is 2.33 bits per heavy atom. The van der Waals surface area contributed by atoms with Crippen molar-refractivity contribution in [3.63, 3.8) is 0 Å². The molecule has 1 aliphatic heterocycles. The number of halogens is 1. The zero-order chi connectivity index (χ0) is 11.1. The van der Waals surface area contributed by atoms with Crippen LogP contribution in [0.25, 0.3) is 5.57 Å². The molecule has 2 heteroatoms. The van der Waals surface area contributed by atoms with Crippen molar-refractivity contribution in [2.45, 2.75) is 20.3 Å². The standard InChI is InChI=1S/C11H12ClN.C2H6/c12-11-3-1-9(2-4-11)10-5-7-13-8-6-10;1-2/h1-5,13H,6-8H2;1-2H3. The zero-order valence-electron chi connectivity index (χ0n) is 9.39. The van der Waals surface area contributed by atoms with E-state index in [4.69, 9.17) is 11.6 Å². The van der Waals surface area contributed by atoms with Crippen LogP contribution in [0.1, 0.15) is 25.8 Å². The van der Waals surface area contributed by atoms with Crippen molar-refractivity contribution in [2.75, 3.05) is 13.1 Å². The quantitative estimate of drug-likeness (QED) is 0.765. The van der Waals surface area contributed by atoms with Gasteiger partial charge in [0.1, 0.15) is 0 Å². The minimum absolute atomic E-state index is 0.804. The van der Waals surface area contributed by atoms with Gasteiger partial charge in [-0.1, -0.05) is 43.7 Å². The van der Waals surface area contributed by atoms with E-state index in [1.165, 1.54) is 11.1 Å². The van der Waals surface area contributed by atoms with Crippen LogP contribution >= 0.6 is 11.6 Å². The molecule has 1 heterocycles. The lowest BCUT2D eigenvalue weighted by Crippen LogP contribution is -2.19.